The van der Waals surface area contributed by atoms with Crippen LogP contribution in [0.3, 0.4) is 0 Å². The fraction of sp³-hybridized carbons (Fsp3) is 0.217. The summed E-state index contributed by atoms with van der Waals surface area (Å²) in [5.41, 5.74) is 6.01. The lowest BCUT2D eigenvalue weighted by Gasteiger charge is -2.16. The molecule has 166 valence electrons. The average molecular weight is 441 g/mol. The minimum Gasteiger partial charge on any atom is -0.371 e. The zero-order chi connectivity index (χ0) is 23.1. The number of fused-ring (bicyclic) bond motifs is 3. The van der Waals surface area contributed by atoms with Crippen molar-refractivity contribution in [1.29, 1.82) is 0 Å². The summed E-state index contributed by atoms with van der Waals surface area (Å²) in [7, 11) is 5.52. The normalized spacial score (nSPS) is 11.3. The highest BCUT2D eigenvalue weighted by Gasteiger charge is 2.17. The zero-order valence-corrected chi connectivity index (χ0v) is 18.8. The number of amides is 1. The van der Waals surface area contributed by atoms with Gasteiger partial charge < -0.3 is 19.8 Å². The molecule has 2 N–H and O–H groups in total. The molecule has 5 aromatic rings. The standard InChI is InChI=1S/C23H23N9O/c1-13-9-26-18(10-25-13)23(33)31(3)11-14-6-5-7-16(28-14)17-8-15-20-19(27-12-32(20)4)22(24-2)30-21(15)29-17/h5-10,12H,11H2,1-4H3,(H2,24,29,30). The molecule has 0 unspecified atom stereocenters. The first-order chi connectivity index (χ1) is 15.9. The molecule has 5 rings (SSSR count). The van der Waals surface area contributed by atoms with E-state index in [1.807, 2.05) is 49.9 Å². The Labute approximate surface area is 189 Å². The largest absolute Gasteiger partial charge is 0.371 e. The van der Waals surface area contributed by atoms with Gasteiger partial charge in [0, 0.05) is 32.7 Å². The van der Waals surface area contributed by atoms with Gasteiger partial charge in [-0.2, -0.15) is 0 Å². The van der Waals surface area contributed by atoms with Crippen molar-refractivity contribution in [2.75, 3.05) is 19.4 Å². The van der Waals surface area contributed by atoms with Crippen molar-refractivity contribution in [3.63, 3.8) is 0 Å². The first-order valence-electron chi connectivity index (χ1n) is 10.5. The minimum absolute atomic E-state index is 0.206. The van der Waals surface area contributed by atoms with E-state index in [1.54, 1.807) is 24.5 Å². The van der Waals surface area contributed by atoms with Crippen LogP contribution >= 0.6 is 0 Å². The van der Waals surface area contributed by atoms with E-state index in [4.69, 9.17) is 4.98 Å². The van der Waals surface area contributed by atoms with Crippen molar-refractivity contribution < 1.29 is 4.79 Å². The Balaban J connectivity index is 1.46. The predicted molar refractivity (Wildman–Crippen MR) is 126 cm³/mol. The summed E-state index contributed by atoms with van der Waals surface area (Å²) in [6.45, 7) is 2.18. The Morgan fingerprint density at radius 2 is 2.03 bits per heavy atom. The SMILES string of the molecule is CNc1nc2[nH]c(-c3cccc(CN(C)C(=O)c4cnc(C)cn4)n3)cc2c2c1ncn2C. The van der Waals surface area contributed by atoms with Crippen LogP contribution in [0.15, 0.2) is 43.0 Å². The Hall–Kier alpha value is -4.34. The number of rotatable bonds is 5. The lowest BCUT2D eigenvalue weighted by Crippen LogP contribution is -2.27. The number of H-pyrrole nitrogens is 1. The summed E-state index contributed by atoms with van der Waals surface area (Å²) < 4.78 is 1.98. The van der Waals surface area contributed by atoms with Gasteiger partial charge in [-0.3, -0.25) is 9.78 Å². The van der Waals surface area contributed by atoms with Gasteiger partial charge in [0.25, 0.3) is 5.91 Å². The second-order valence-corrected chi connectivity index (χ2v) is 7.93. The monoisotopic (exact) mass is 441 g/mol. The highest BCUT2D eigenvalue weighted by atomic mass is 16.2. The fourth-order valence-electron chi connectivity index (χ4n) is 3.84. The highest BCUT2D eigenvalue weighted by molar-refractivity contribution is 6.07. The van der Waals surface area contributed by atoms with Crippen LogP contribution in [0, 0.1) is 6.92 Å². The van der Waals surface area contributed by atoms with Crippen molar-refractivity contribution in [2.24, 2.45) is 7.05 Å². The number of aromatic nitrogens is 7. The molecule has 0 atom stereocenters. The van der Waals surface area contributed by atoms with Crippen molar-refractivity contribution in [2.45, 2.75) is 13.5 Å². The van der Waals surface area contributed by atoms with Crippen LogP contribution in [0.25, 0.3) is 33.5 Å². The Kier molecular flexibility index (Phi) is 4.97. The van der Waals surface area contributed by atoms with Gasteiger partial charge in [0.1, 0.15) is 16.9 Å². The summed E-state index contributed by atoms with van der Waals surface area (Å²) in [5.74, 6) is 0.510. The molecule has 0 aliphatic carbocycles. The van der Waals surface area contributed by atoms with Crippen molar-refractivity contribution in [3.05, 3.63) is 60.1 Å². The summed E-state index contributed by atoms with van der Waals surface area (Å²) >= 11 is 0. The van der Waals surface area contributed by atoms with E-state index in [9.17, 15) is 4.79 Å². The number of carbonyl (C=O) groups excluding carboxylic acids is 1. The average Bonchev–Trinajstić information content (AvgIpc) is 3.42. The van der Waals surface area contributed by atoms with Gasteiger partial charge in [-0.05, 0) is 25.1 Å². The molecule has 0 bridgehead atoms. The molecule has 33 heavy (non-hydrogen) atoms. The van der Waals surface area contributed by atoms with E-state index < -0.39 is 0 Å². The van der Waals surface area contributed by atoms with Crippen LogP contribution in [0.4, 0.5) is 5.82 Å². The number of hydrogen-bond donors (Lipinski definition) is 2. The third-order valence-corrected chi connectivity index (χ3v) is 5.50. The quantitative estimate of drug-likeness (QED) is 0.431. The summed E-state index contributed by atoms with van der Waals surface area (Å²) in [4.78, 5) is 39.9. The number of aromatic amines is 1. The smallest absolute Gasteiger partial charge is 0.274 e. The van der Waals surface area contributed by atoms with Crippen LogP contribution in [0.5, 0.6) is 0 Å². The molecular weight excluding hydrogens is 418 g/mol. The second-order valence-electron chi connectivity index (χ2n) is 7.93. The maximum atomic E-state index is 12.7. The van der Waals surface area contributed by atoms with Crippen molar-refractivity contribution in [3.8, 4) is 11.4 Å². The summed E-state index contributed by atoms with van der Waals surface area (Å²) in [6.07, 6.45) is 4.86. The molecule has 0 aliphatic heterocycles. The number of nitrogens with zero attached hydrogens (tertiary/aromatic N) is 7. The molecule has 0 saturated heterocycles. The molecule has 0 radical (unpaired) electrons. The van der Waals surface area contributed by atoms with E-state index in [-0.39, 0.29) is 5.91 Å². The number of hydrogen-bond acceptors (Lipinski definition) is 7. The molecule has 0 aromatic carbocycles. The maximum absolute atomic E-state index is 12.7. The number of pyridine rings is 2. The van der Waals surface area contributed by atoms with Crippen LogP contribution in [-0.4, -0.2) is 59.4 Å². The Bertz CT molecular complexity index is 1480. The van der Waals surface area contributed by atoms with Gasteiger partial charge in [-0.25, -0.2) is 19.9 Å². The third kappa shape index (κ3) is 3.65. The van der Waals surface area contributed by atoms with Crippen LogP contribution < -0.4 is 5.32 Å². The molecule has 0 aliphatic rings. The van der Waals surface area contributed by atoms with Gasteiger partial charge in [0.2, 0.25) is 0 Å². The van der Waals surface area contributed by atoms with E-state index in [2.05, 4.69) is 30.2 Å². The number of imidazole rings is 1. The van der Waals surface area contributed by atoms with Crippen LogP contribution in [-0.2, 0) is 13.6 Å². The molecular formula is C23H23N9O. The molecule has 10 nitrogen and oxygen atoms in total. The van der Waals surface area contributed by atoms with Gasteiger partial charge in [0.15, 0.2) is 5.82 Å². The van der Waals surface area contributed by atoms with Crippen molar-refractivity contribution in [1.82, 2.24) is 39.4 Å². The van der Waals surface area contributed by atoms with Gasteiger partial charge in [0.05, 0.1) is 47.4 Å². The predicted octanol–water partition coefficient (Wildman–Crippen LogP) is 2.92. The van der Waals surface area contributed by atoms with Gasteiger partial charge in [-0.15, -0.1) is 0 Å². The third-order valence-electron chi connectivity index (χ3n) is 5.50. The summed E-state index contributed by atoms with van der Waals surface area (Å²) in [5, 5.41) is 4.08. The van der Waals surface area contributed by atoms with E-state index in [0.29, 0.717) is 18.1 Å². The lowest BCUT2D eigenvalue weighted by molar-refractivity contribution is 0.0777. The molecule has 0 saturated carbocycles. The van der Waals surface area contributed by atoms with E-state index >= 15 is 0 Å². The Morgan fingerprint density at radius 3 is 2.79 bits per heavy atom. The first kappa shape index (κ1) is 20.6. The molecule has 10 heteroatoms. The molecule has 5 aromatic heterocycles. The molecule has 0 spiro atoms. The number of aryl methyl sites for hydroxylation is 2. The zero-order valence-electron chi connectivity index (χ0n) is 18.8. The first-order valence-corrected chi connectivity index (χ1v) is 10.5. The topological polar surface area (TPSA) is 118 Å². The molecule has 5 heterocycles. The van der Waals surface area contributed by atoms with Crippen LogP contribution in [0.2, 0.25) is 0 Å². The fourth-order valence-corrected chi connectivity index (χ4v) is 3.84. The van der Waals surface area contributed by atoms with E-state index in [1.165, 1.54) is 6.20 Å². The van der Waals surface area contributed by atoms with Gasteiger partial charge >= 0.3 is 0 Å². The summed E-state index contributed by atoms with van der Waals surface area (Å²) in [6, 6.07) is 7.79. The number of carbonyl (C=O) groups is 1. The maximum Gasteiger partial charge on any atom is 0.274 e. The number of nitrogens with one attached hydrogen (secondary N) is 2. The lowest BCUT2D eigenvalue weighted by atomic mass is 10.2. The second kappa shape index (κ2) is 7.97. The molecule has 0 fully saturated rings. The van der Waals surface area contributed by atoms with Crippen molar-refractivity contribution >= 4 is 33.8 Å². The van der Waals surface area contributed by atoms with Crippen LogP contribution in [0.1, 0.15) is 21.9 Å². The van der Waals surface area contributed by atoms with E-state index in [0.717, 1.165) is 44.8 Å². The number of anilines is 1. The molecule has 1 amide bonds. The Morgan fingerprint density at radius 1 is 1.18 bits per heavy atom. The van der Waals surface area contributed by atoms with Gasteiger partial charge in [-0.1, -0.05) is 6.07 Å². The highest BCUT2D eigenvalue weighted by Crippen LogP contribution is 2.31. The minimum atomic E-state index is -0.206.